The molecule has 2 aliphatic heterocycles. The van der Waals surface area contributed by atoms with Gasteiger partial charge in [-0.15, -0.1) is 0 Å². The Kier molecular flexibility index (Phi) is 5.69. The van der Waals surface area contributed by atoms with Crippen molar-refractivity contribution in [1.82, 2.24) is 4.90 Å². The lowest BCUT2D eigenvalue weighted by atomic mass is 9.75. The summed E-state index contributed by atoms with van der Waals surface area (Å²) in [6.45, 7) is 15.2. The monoisotopic (exact) mass is 402 g/mol. The van der Waals surface area contributed by atoms with Crippen molar-refractivity contribution in [3.05, 3.63) is 23.8 Å². The molecule has 0 aromatic heterocycles. The molecular formula is C22H35BN2O4. The molecule has 3 rings (SSSR count). The molecule has 0 bridgehead atoms. The zero-order chi connectivity index (χ0) is 21.6. The van der Waals surface area contributed by atoms with Gasteiger partial charge in [-0.3, -0.25) is 0 Å². The van der Waals surface area contributed by atoms with Crippen molar-refractivity contribution in [3.63, 3.8) is 0 Å². The van der Waals surface area contributed by atoms with E-state index in [-0.39, 0.29) is 12.0 Å². The van der Waals surface area contributed by atoms with Crippen molar-refractivity contribution < 1.29 is 18.8 Å². The fraction of sp³-hybridized carbons (Fsp3) is 0.682. The van der Waals surface area contributed by atoms with Gasteiger partial charge < -0.3 is 24.7 Å². The summed E-state index contributed by atoms with van der Waals surface area (Å²) in [5, 5.41) is 0. The molecule has 1 atom stereocenters. The number of amides is 1. The fourth-order valence-corrected chi connectivity index (χ4v) is 3.76. The molecule has 6 nitrogen and oxygen atoms in total. The summed E-state index contributed by atoms with van der Waals surface area (Å²) in [4.78, 5) is 14.3. The number of ether oxygens (including phenoxy) is 1. The molecule has 1 amide bonds. The Morgan fingerprint density at radius 1 is 1.21 bits per heavy atom. The highest BCUT2D eigenvalue weighted by Crippen LogP contribution is 2.37. The minimum absolute atomic E-state index is 0.234. The Bertz CT molecular complexity index is 757. The Morgan fingerprint density at radius 3 is 2.41 bits per heavy atom. The van der Waals surface area contributed by atoms with E-state index in [1.54, 1.807) is 0 Å². The average molecular weight is 402 g/mol. The molecule has 1 aromatic carbocycles. The molecule has 1 aromatic rings. The lowest BCUT2D eigenvalue weighted by Crippen LogP contribution is -2.42. The molecule has 2 heterocycles. The zero-order valence-electron chi connectivity index (χ0n) is 18.9. The zero-order valence-corrected chi connectivity index (χ0v) is 18.9. The minimum atomic E-state index is -0.495. The Labute approximate surface area is 175 Å². The molecule has 160 valence electrons. The highest BCUT2D eigenvalue weighted by molar-refractivity contribution is 6.63. The Morgan fingerprint density at radius 2 is 1.83 bits per heavy atom. The quantitative estimate of drug-likeness (QED) is 0.604. The highest BCUT2D eigenvalue weighted by atomic mass is 16.7. The first-order valence-corrected chi connectivity index (χ1v) is 10.5. The molecule has 2 fully saturated rings. The number of nitrogens with two attached hydrogens (primary N) is 1. The third-order valence-corrected chi connectivity index (χ3v) is 6.16. The van der Waals surface area contributed by atoms with Crippen LogP contribution in [0.5, 0.6) is 0 Å². The number of anilines is 1. The van der Waals surface area contributed by atoms with Gasteiger partial charge in [0.05, 0.1) is 11.2 Å². The van der Waals surface area contributed by atoms with E-state index >= 15 is 0 Å². The third-order valence-electron chi connectivity index (χ3n) is 6.16. The van der Waals surface area contributed by atoms with E-state index in [0.717, 1.165) is 30.4 Å². The van der Waals surface area contributed by atoms with Crippen LogP contribution in [0, 0.1) is 0 Å². The number of nitrogen functional groups attached to an aromatic ring is 1. The van der Waals surface area contributed by atoms with Crippen LogP contribution in [0.2, 0.25) is 0 Å². The van der Waals surface area contributed by atoms with Crippen molar-refractivity contribution in [2.45, 2.75) is 84.0 Å². The number of rotatable bonds is 2. The van der Waals surface area contributed by atoms with Crippen LogP contribution in [0.1, 0.15) is 72.8 Å². The standard InChI is InChI=1S/C22H35BN2O4/c1-20(2,3)27-19(26)25-12-8-9-16(14-25)15-10-11-18(24)17(13-15)23-28-21(4,5)22(6,7)29-23/h10-11,13,16H,8-9,12,14,24H2,1-7H3. The topological polar surface area (TPSA) is 74.0 Å². The smallest absolute Gasteiger partial charge is 0.444 e. The number of hydrogen-bond acceptors (Lipinski definition) is 5. The van der Waals surface area contributed by atoms with Gasteiger partial charge in [-0.2, -0.15) is 0 Å². The van der Waals surface area contributed by atoms with E-state index in [1.165, 1.54) is 0 Å². The lowest BCUT2D eigenvalue weighted by molar-refractivity contribution is 0.00578. The van der Waals surface area contributed by atoms with Crippen molar-refractivity contribution in [2.24, 2.45) is 0 Å². The molecule has 0 spiro atoms. The molecule has 2 aliphatic rings. The molecule has 0 radical (unpaired) electrons. The molecule has 7 heteroatoms. The summed E-state index contributed by atoms with van der Waals surface area (Å²) in [5.41, 5.74) is 7.62. The second-order valence-electron chi connectivity index (χ2n) is 10.2. The Hall–Kier alpha value is -1.73. The van der Waals surface area contributed by atoms with E-state index in [4.69, 9.17) is 19.8 Å². The molecule has 0 saturated carbocycles. The van der Waals surface area contributed by atoms with Crippen molar-refractivity contribution in [3.8, 4) is 0 Å². The van der Waals surface area contributed by atoms with E-state index in [9.17, 15) is 4.79 Å². The van der Waals surface area contributed by atoms with Gasteiger partial charge in [-0.05, 0) is 72.9 Å². The summed E-state index contributed by atoms with van der Waals surface area (Å²) in [6, 6.07) is 6.05. The minimum Gasteiger partial charge on any atom is -0.444 e. The largest absolute Gasteiger partial charge is 0.496 e. The third kappa shape index (κ3) is 4.72. The molecule has 29 heavy (non-hydrogen) atoms. The fourth-order valence-electron chi connectivity index (χ4n) is 3.76. The van der Waals surface area contributed by atoms with Crippen LogP contribution in [0.4, 0.5) is 10.5 Å². The van der Waals surface area contributed by atoms with E-state index < -0.39 is 23.9 Å². The van der Waals surface area contributed by atoms with E-state index in [2.05, 4.69) is 6.07 Å². The van der Waals surface area contributed by atoms with Gasteiger partial charge in [0, 0.05) is 30.2 Å². The molecular weight excluding hydrogens is 367 g/mol. The van der Waals surface area contributed by atoms with Gasteiger partial charge >= 0.3 is 13.2 Å². The van der Waals surface area contributed by atoms with Crippen LogP contribution in [-0.2, 0) is 14.0 Å². The van der Waals surface area contributed by atoms with Crippen LogP contribution in [0.15, 0.2) is 18.2 Å². The second-order valence-corrected chi connectivity index (χ2v) is 10.2. The SMILES string of the molecule is CC(C)(C)OC(=O)N1CCCC(c2ccc(N)c(B3OC(C)(C)C(C)(C)O3)c2)C1. The number of carbonyl (C=O) groups is 1. The number of carbonyl (C=O) groups excluding carboxylic acids is 1. The highest BCUT2D eigenvalue weighted by Gasteiger charge is 2.52. The molecule has 1 unspecified atom stereocenters. The van der Waals surface area contributed by atoms with Gasteiger partial charge in [0.15, 0.2) is 0 Å². The van der Waals surface area contributed by atoms with Crippen LogP contribution >= 0.6 is 0 Å². The van der Waals surface area contributed by atoms with Gasteiger partial charge in [-0.25, -0.2) is 4.79 Å². The summed E-state index contributed by atoms with van der Waals surface area (Å²) < 4.78 is 18.0. The number of hydrogen-bond donors (Lipinski definition) is 1. The van der Waals surface area contributed by atoms with E-state index in [1.807, 2.05) is 65.5 Å². The van der Waals surface area contributed by atoms with Gasteiger partial charge in [0.2, 0.25) is 0 Å². The lowest BCUT2D eigenvalue weighted by Gasteiger charge is -2.34. The normalized spacial score (nSPS) is 23.9. The summed E-state index contributed by atoms with van der Waals surface area (Å²) in [5.74, 6) is 0.234. The first-order valence-electron chi connectivity index (χ1n) is 10.5. The van der Waals surface area contributed by atoms with Gasteiger partial charge in [0.25, 0.3) is 0 Å². The maximum atomic E-state index is 12.5. The first-order chi connectivity index (χ1) is 13.3. The van der Waals surface area contributed by atoms with Gasteiger partial charge in [-0.1, -0.05) is 12.1 Å². The summed E-state index contributed by atoms with van der Waals surface area (Å²) in [6.07, 6.45) is 1.72. The predicted octanol–water partition coefficient (Wildman–Crippen LogP) is 3.68. The number of benzene rings is 1. The first kappa shape index (κ1) is 22.0. The molecule has 2 saturated heterocycles. The number of likely N-dealkylation sites (tertiary alicyclic amines) is 1. The maximum Gasteiger partial charge on any atom is 0.496 e. The van der Waals surface area contributed by atoms with Gasteiger partial charge in [0.1, 0.15) is 5.60 Å². The maximum absolute atomic E-state index is 12.5. The van der Waals surface area contributed by atoms with Crippen LogP contribution in [-0.4, -0.2) is 48.0 Å². The van der Waals surface area contributed by atoms with Crippen molar-refractivity contribution in [2.75, 3.05) is 18.8 Å². The summed E-state index contributed by atoms with van der Waals surface area (Å²) in [7, 11) is -0.495. The Balaban J connectivity index is 1.78. The van der Waals surface area contributed by atoms with Crippen LogP contribution < -0.4 is 11.2 Å². The number of nitrogens with zero attached hydrogens (tertiary/aromatic N) is 1. The second kappa shape index (κ2) is 7.51. The number of piperidine rings is 1. The van der Waals surface area contributed by atoms with Crippen molar-refractivity contribution >= 4 is 24.4 Å². The van der Waals surface area contributed by atoms with Crippen molar-refractivity contribution in [1.29, 1.82) is 0 Å². The molecule has 2 N–H and O–H groups in total. The van der Waals surface area contributed by atoms with Crippen LogP contribution in [0.3, 0.4) is 0 Å². The predicted molar refractivity (Wildman–Crippen MR) is 116 cm³/mol. The average Bonchev–Trinajstić information content (AvgIpc) is 2.81. The molecule has 0 aliphatic carbocycles. The van der Waals surface area contributed by atoms with Crippen LogP contribution in [0.25, 0.3) is 0 Å². The summed E-state index contributed by atoms with van der Waals surface area (Å²) >= 11 is 0. The van der Waals surface area contributed by atoms with E-state index in [0.29, 0.717) is 12.2 Å².